The Morgan fingerprint density at radius 3 is 2.18 bits per heavy atom. The van der Waals surface area contributed by atoms with E-state index in [-0.39, 0.29) is 36.8 Å². The topological polar surface area (TPSA) is 82.3 Å². The molecule has 0 radical (unpaired) electrons. The second-order valence-electron chi connectivity index (χ2n) is 7.86. The van der Waals surface area contributed by atoms with Crippen molar-refractivity contribution < 1.29 is 14.3 Å². The van der Waals surface area contributed by atoms with Crippen LogP contribution in [-0.2, 0) is 9.53 Å². The van der Waals surface area contributed by atoms with Gasteiger partial charge in [-0.05, 0) is 13.5 Å². The number of hydrogen-bond donors (Lipinski definition) is 1. The van der Waals surface area contributed by atoms with Crippen molar-refractivity contribution in [2.24, 2.45) is 5.73 Å². The van der Waals surface area contributed by atoms with Crippen molar-refractivity contribution in [3.05, 3.63) is 0 Å². The maximum atomic E-state index is 12.3. The summed E-state index contributed by atoms with van der Waals surface area (Å²) in [4.78, 5) is 32.9. The molecular formula is C18H35Cl2N5O3. The zero-order valence-electron chi connectivity index (χ0n) is 17.0. The van der Waals surface area contributed by atoms with Gasteiger partial charge in [0.25, 0.3) is 0 Å². The molecule has 0 unspecified atom stereocenters. The molecule has 3 fully saturated rings. The molecule has 28 heavy (non-hydrogen) atoms. The summed E-state index contributed by atoms with van der Waals surface area (Å²) in [6.45, 7) is 12.8. The van der Waals surface area contributed by atoms with E-state index in [2.05, 4.69) is 16.7 Å². The second kappa shape index (κ2) is 10.8. The SMILES string of the molecule is CCN1CCN(CCN2CC3(CCN(C(=O)[C@@H](C)N)CC3)OC2=O)CC1.Cl.Cl. The summed E-state index contributed by atoms with van der Waals surface area (Å²) in [5.74, 6) is -0.0211. The summed E-state index contributed by atoms with van der Waals surface area (Å²) in [5, 5.41) is 0. The molecule has 8 nitrogen and oxygen atoms in total. The predicted octanol–water partition coefficient (Wildman–Crippen LogP) is 0.628. The minimum absolute atomic E-state index is 0. The molecule has 0 aromatic carbocycles. The summed E-state index contributed by atoms with van der Waals surface area (Å²) in [5.41, 5.74) is 5.27. The molecule has 0 aromatic heterocycles. The minimum atomic E-state index is -0.472. The number of rotatable bonds is 5. The van der Waals surface area contributed by atoms with Crippen LogP contribution in [0.15, 0.2) is 0 Å². The smallest absolute Gasteiger partial charge is 0.410 e. The lowest BCUT2D eigenvalue weighted by atomic mass is 9.91. The van der Waals surface area contributed by atoms with Gasteiger partial charge < -0.3 is 25.2 Å². The predicted molar refractivity (Wildman–Crippen MR) is 113 cm³/mol. The van der Waals surface area contributed by atoms with E-state index in [1.807, 2.05) is 4.90 Å². The molecule has 0 bridgehead atoms. The molecule has 164 valence electrons. The summed E-state index contributed by atoms with van der Waals surface area (Å²) in [7, 11) is 0. The highest BCUT2D eigenvalue weighted by molar-refractivity contribution is 5.85. The van der Waals surface area contributed by atoms with E-state index in [4.69, 9.17) is 10.5 Å². The molecule has 3 rings (SSSR count). The Balaban J connectivity index is 0.00000196. The lowest BCUT2D eigenvalue weighted by Crippen LogP contribution is -2.52. The van der Waals surface area contributed by atoms with Crippen LogP contribution in [-0.4, -0.2) is 109 Å². The molecule has 3 aliphatic rings. The van der Waals surface area contributed by atoms with Gasteiger partial charge in [-0.2, -0.15) is 0 Å². The first-order chi connectivity index (χ1) is 12.4. The molecule has 0 saturated carbocycles. The largest absolute Gasteiger partial charge is 0.441 e. The Hall–Kier alpha value is -0.800. The minimum Gasteiger partial charge on any atom is -0.441 e. The van der Waals surface area contributed by atoms with Gasteiger partial charge in [0.05, 0.1) is 12.6 Å². The number of hydrogen-bond acceptors (Lipinski definition) is 6. The van der Waals surface area contributed by atoms with Crippen molar-refractivity contribution in [1.29, 1.82) is 0 Å². The molecular weight excluding hydrogens is 405 g/mol. The molecule has 1 atom stereocenters. The van der Waals surface area contributed by atoms with E-state index >= 15 is 0 Å². The van der Waals surface area contributed by atoms with E-state index in [1.165, 1.54) is 0 Å². The van der Waals surface area contributed by atoms with Gasteiger partial charge in [0.1, 0.15) is 5.60 Å². The number of nitrogens with zero attached hydrogens (tertiary/aromatic N) is 4. The Labute approximate surface area is 180 Å². The normalized spacial score (nSPS) is 23.8. The van der Waals surface area contributed by atoms with Crippen molar-refractivity contribution in [1.82, 2.24) is 19.6 Å². The van der Waals surface area contributed by atoms with E-state index in [1.54, 1.807) is 11.8 Å². The van der Waals surface area contributed by atoms with Crippen molar-refractivity contribution >= 4 is 36.8 Å². The fourth-order valence-electron chi connectivity index (χ4n) is 4.14. The summed E-state index contributed by atoms with van der Waals surface area (Å²) in [6, 6.07) is -0.472. The first kappa shape index (κ1) is 25.2. The van der Waals surface area contributed by atoms with Crippen LogP contribution < -0.4 is 5.73 Å². The number of likely N-dealkylation sites (N-methyl/N-ethyl adjacent to an activating group) is 1. The first-order valence-electron chi connectivity index (χ1n) is 9.89. The molecule has 0 aromatic rings. The summed E-state index contributed by atoms with van der Waals surface area (Å²) >= 11 is 0. The molecule has 3 heterocycles. The maximum Gasteiger partial charge on any atom is 0.410 e. The number of piperazine rings is 1. The van der Waals surface area contributed by atoms with Crippen molar-refractivity contribution in [2.75, 3.05) is 65.4 Å². The van der Waals surface area contributed by atoms with Crippen molar-refractivity contribution in [3.63, 3.8) is 0 Å². The highest BCUT2D eigenvalue weighted by Gasteiger charge is 2.47. The number of halogens is 2. The van der Waals surface area contributed by atoms with E-state index in [9.17, 15) is 9.59 Å². The van der Waals surface area contributed by atoms with Gasteiger partial charge in [-0.3, -0.25) is 9.69 Å². The summed E-state index contributed by atoms with van der Waals surface area (Å²) in [6.07, 6.45) is 1.19. The third-order valence-corrected chi connectivity index (χ3v) is 6.02. The quantitative estimate of drug-likeness (QED) is 0.676. The van der Waals surface area contributed by atoms with Crippen LogP contribution in [0.2, 0.25) is 0 Å². The number of likely N-dealkylation sites (tertiary alicyclic amines) is 1. The van der Waals surface area contributed by atoms with Gasteiger partial charge in [-0.15, -0.1) is 24.8 Å². The fraction of sp³-hybridized carbons (Fsp3) is 0.889. The van der Waals surface area contributed by atoms with Gasteiger partial charge in [0.15, 0.2) is 0 Å². The second-order valence-corrected chi connectivity index (χ2v) is 7.86. The molecule has 3 saturated heterocycles. The molecule has 1 spiro atoms. The van der Waals surface area contributed by atoms with Crippen molar-refractivity contribution in [2.45, 2.75) is 38.3 Å². The molecule has 2 N–H and O–H groups in total. The molecule has 0 aliphatic carbocycles. The van der Waals surface area contributed by atoms with Gasteiger partial charge in [0.2, 0.25) is 5.91 Å². The van der Waals surface area contributed by atoms with Crippen LogP contribution in [0, 0.1) is 0 Å². The Bertz CT molecular complexity index is 521. The van der Waals surface area contributed by atoms with Gasteiger partial charge in [-0.25, -0.2) is 4.79 Å². The highest BCUT2D eigenvalue weighted by atomic mass is 35.5. The number of amides is 2. The lowest BCUT2D eigenvalue weighted by Gasteiger charge is -2.38. The van der Waals surface area contributed by atoms with E-state index in [0.717, 1.165) is 45.8 Å². The van der Waals surface area contributed by atoms with Crippen LogP contribution in [0.5, 0.6) is 0 Å². The Morgan fingerprint density at radius 1 is 1.07 bits per heavy atom. The number of carbonyl (C=O) groups excluding carboxylic acids is 2. The molecule has 10 heteroatoms. The lowest BCUT2D eigenvalue weighted by molar-refractivity contribution is -0.135. The number of piperidine rings is 1. The average molecular weight is 440 g/mol. The van der Waals surface area contributed by atoms with Crippen molar-refractivity contribution in [3.8, 4) is 0 Å². The average Bonchev–Trinajstić information content (AvgIpc) is 2.95. The van der Waals surface area contributed by atoms with E-state index in [0.29, 0.717) is 32.5 Å². The van der Waals surface area contributed by atoms with Crippen LogP contribution >= 0.6 is 24.8 Å². The van der Waals surface area contributed by atoms with Crippen LogP contribution in [0.4, 0.5) is 4.79 Å². The monoisotopic (exact) mass is 439 g/mol. The number of ether oxygens (including phenoxy) is 1. The third-order valence-electron chi connectivity index (χ3n) is 6.02. The van der Waals surface area contributed by atoms with E-state index < -0.39 is 11.6 Å². The standard InChI is InChI=1S/C18H33N5O3.2ClH/c1-3-20-8-10-21(11-9-20)12-13-23-14-18(26-17(23)25)4-6-22(7-5-18)16(24)15(2)19;;/h15H,3-14,19H2,1-2H3;2*1H/t15-;;/m1../s1. The van der Waals surface area contributed by atoms with Crippen LogP contribution in [0.1, 0.15) is 26.7 Å². The Morgan fingerprint density at radius 2 is 1.64 bits per heavy atom. The third kappa shape index (κ3) is 5.86. The molecule has 2 amide bonds. The summed E-state index contributed by atoms with van der Waals surface area (Å²) < 4.78 is 5.76. The zero-order chi connectivity index (χ0) is 18.7. The highest BCUT2D eigenvalue weighted by Crippen LogP contribution is 2.33. The fourth-order valence-corrected chi connectivity index (χ4v) is 4.14. The van der Waals surface area contributed by atoms with Crippen LogP contribution in [0.25, 0.3) is 0 Å². The maximum absolute atomic E-state index is 12.3. The van der Waals surface area contributed by atoms with Gasteiger partial charge in [-0.1, -0.05) is 6.92 Å². The van der Waals surface area contributed by atoms with Crippen LogP contribution in [0.3, 0.4) is 0 Å². The Kier molecular flexibility index (Phi) is 9.76. The molecule has 3 aliphatic heterocycles. The van der Waals surface area contributed by atoms with Gasteiger partial charge in [0, 0.05) is 65.2 Å². The van der Waals surface area contributed by atoms with Gasteiger partial charge >= 0.3 is 6.09 Å². The first-order valence-corrected chi connectivity index (χ1v) is 9.89. The number of nitrogens with two attached hydrogens (primary N) is 1. The zero-order valence-corrected chi connectivity index (χ0v) is 18.6. The number of carbonyl (C=O) groups is 2.